The molecule has 0 atom stereocenters. The van der Waals surface area contributed by atoms with Crippen LogP contribution in [0.15, 0.2) is 29.6 Å². The van der Waals surface area contributed by atoms with Gasteiger partial charge in [-0.3, -0.25) is 0 Å². The van der Waals surface area contributed by atoms with Crippen LogP contribution < -0.4 is 0 Å². The Balaban J connectivity index is 2.34. The normalized spacial score (nSPS) is 12.0. The van der Waals surface area contributed by atoms with Gasteiger partial charge in [0.05, 0.1) is 5.69 Å². The first-order valence-corrected chi connectivity index (χ1v) is 8.25. The van der Waals surface area contributed by atoms with Crippen molar-refractivity contribution in [3.8, 4) is 11.3 Å². The number of nitrogens with one attached hydrogen (secondary N) is 1. The number of fused-ring (bicyclic) bond motifs is 1. The molecule has 1 N–H and O–H groups in total. The van der Waals surface area contributed by atoms with Crippen molar-refractivity contribution < 1.29 is 0 Å². The lowest BCUT2D eigenvalue weighted by Crippen LogP contribution is -2.17. The van der Waals surface area contributed by atoms with Crippen LogP contribution in [0.1, 0.15) is 32.2 Å². The number of hydrogen-bond acceptors (Lipinski definition) is 3. The Morgan fingerprint density at radius 1 is 1.19 bits per heavy atom. The summed E-state index contributed by atoms with van der Waals surface area (Å²) in [6, 6.07) is 8.54. The molecule has 0 aliphatic rings. The molecule has 2 nitrogen and oxygen atoms in total. The van der Waals surface area contributed by atoms with Gasteiger partial charge in [-0.1, -0.05) is 51.2 Å². The fraction of sp³-hybridized carbons (Fsp3) is 0.294. The Morgan fingerprint density at radius 2 is 1.95 bits per heavy atom. The van der Waals surface area contributed by atoms with Crippen LogP contribution in [0.4, 0.5) is 0 Å². The highest BCUT2D eigenvalue weighted by Gasteiger charge is 2.19. The highest BCUT2D eigenvalue weighted by molar-refractivity contribution is 7.71. The number of H-pyrrole nitrogens is 1. The number of thiophene rings is 1. The topological polar surface area (TPSA) is 28.7 Å². The summed E-state index contributed by atoms with van der Waals surface area (Å²) in [5.74, 6) is 0.932. The molecular formula is C17H18N2S2. The molecule has 0 unspecified atom stereocenters. The van der Waals surface area contributed by atoms with Crippen molar-refractivity contribution in [3.05, 3.63) is 45.7 Å². The number of nitrogens with zero attached hydrogens (tertiary/aromatic N) is 1. The minimum atomic E-state index is -0.0562. The van der Waals surface area contributed by atoms with Gasteiger partial charge in [0.2, 0.25) is 0 Å². The summed E-state index contributed by atoms with van der Waals surface area (Å²) >= 11 is 7.23. The van der Waals surface area contributed by atoms with Gasteiger partial charge < -0.3 is 4.98 Å². The van der Waals surface area contributed by atoms with E-state index >= 15 is 0 Å². The van der Waals surface area contributed by atoms with Crippen LogP contribution in [0.3, 0.4) is 0 Å². The molecule has 0 aliphatic heterocycles. The van der Waals surface area contributed by atoms with Crippen molar-refractivity contribution in [1.82, 2.24) is 9.97 Å². The first-order chi connectivity index (χ1) is 9.88. The molecule has 3 aromatic rings. The van der Waals surface area contributed by atoms with E-state index in [1.807, 2.05) is 6.92 Å². The number of aromatic nitrogens is 2. The van der Waals surface area contributed by atoms with Crippen molar-refractivity contribution in [2.24, 2.45) is 0 Å². The number of benzene rings is 1. The Hall–Kier alpha value is -1.52. The van der Waals surface area contributed by atoms with Crippen molar-refractivity contribution in [3.63, 3.8) is 0 Å². The quantitative estimate of drug-likeness (QED) is 0.590. The minimum Gasteiger partial charge on any atom is -0.342 e. The standard InChI is InChI=1S/C17H18N2S2/c1-10-13(18-16(17(2,3)4)19-15(10)20)12-7-5-6-11-8-9-21-14(11)12/h5-9H,1-4H3,(H,18,19,20). The molecule has 0 saturated heterocycles. The molecule has 3 rings (SSSR count). The second kappa shape index (κ2) is 5.04. The van der Waals surface area contributed by atoms with Gasteiger partial charge in [0.15, 0.2) is 0 Å². The highest BCUT2D eigenvalue weighted by atomic mass is 32.1. The average Bonchev–Trinajstić information content (AvgIpc) is 2.88. The van der Waals surface area contributed by atoms with E-state index in [1.165, 1.54) is 15.6 Å². The van der Waals surface area contributed by atoms with Crippen LogP contribution in [0.25, 0.3) is 21.3 Å². The third-order valence-electron chi connectivity index (χ3n) is 3.61. The monoisotopic (exact) mass is 314 g/mol. The van der Waals surface area contributed by atoms with Crippen molar-refractivity contribution in [2.45, 2.75) is 33.1 Å². The Morgan fingerprint density at radius 3 is 2.67 bits per heavy atom. The molecule has 0 spiro atoms. The summed E-state index contributed by atoms with van der Waals surface area (Å²) < 4.78 is 1.97. The lowest BCUT2D eigenvalue weighted by molar-refractivity contribution is 0.544. The second-order valence-corrected chi connectivity index (χ2v) is 7.59. The highest BCUT2D eigenvalue weighted by Crippen LogP contribution is 2.34. The maximum atomic E-state index is 5.47. The number of rotatable bonds is 1. The van der Waals surface area contributed by atoms with Gasteiger partial charge >= 0.3 is 0 Å². The minimum absolute atomic E-state index is 0.0562. The fourth-order valence-corrected chi connectivity index (χ4v) is 3.46. The van der Waals surface area contributed by atoms with Crippen LogP contribution in [-0.4, -0.2) is 9.97 Å². The number of hydrogen-bond donors (Lipinski definition) is 1. The van der Waals surface area contributed by atoms with Gasteiger partial charge in [0.25, 0.3) is 0 Å². The molecule has 0 saturated carbocycles. The molecule has 2 aromatic heterocycles. The maximum absolute atomic E-state index is 5.47. The molecule has 0 amide bonds. The van der Waals surface area contributed by atoms with Crippen molar-refractivity contribution >= 4 is 33.6 Å². The molecule has 108 valence electrons. The lowest BCUT2D eigenvalue weighted by Gasteiger charge is -2.20. The average molecular weight is 314 g/mol. The first kappa shape index (κ1) is 14.4. The Bertz CT molecular complexity index is 866. The van der Waals surface area contributed by atoms with Gasteiger partial charge in [-0.25, -0.2) is 4.98 Å². The predicted molar refractivity (Wildman–Crippen MR) is 93.7 cm³/mol. The molecule has 0 fully saturated rings. The van der Waals surface area contributed by atoms with Crippen LogP contribution in [0, 0.1) is 11.6 Å². The third kappa shape index (κ3) is 2.54. The summed E-state index contributed by atoms with van der Waals surface area (Å²) in [6.07, 6.45) is 0. The predicted octanol–water partition coefficient (Wildman–Crippen LogP) is 5.63. The van der Waals surface area contributed by atoms with Crippen LogP contribution in [-0.2, 0) is 5.41 Å². The van der Waals surface area contributed by atoms with E-state index in [4.69, 9.17) is 12.2 Å². The molecular weight excluding hydrogens is 296 g/mol. The largest absolute Gasteiger partial charge is 0.342 e. The zero-order chi connectivity index (χ0) is 15.2. The molecule has 0 radical (unpaired) electrons. The van der Waals surface area contributed by atoms with Gasteiger partial charge in [-0.2, -0.15) is 0 Å². The van der Waals surface area contributed by atoms with E-state index in [1.54, 1.807) is 11.3 Å². The first-order valence-electron chi connectivity index (χ1n) is 6.96. The van der Waals surface area contributed by atoms with E-state index < -0.39 is 0 Å². The van der Waals surface area contributed by atoms with E-state index in [2.05, 4.69) is 60.4 Å². The Kier molecular flexibility index (Phi) is 3.46. The van der Waals surface area contributed by atoms with Crippen LogP contribution in [0.2, 0.25) is 0 Å². The smallest absolute Gasteiger partial charge is 0.133 e. The summed E-state index contributed by atoms with van der Waals surface area (Å²) in [7, 11) is 0. The molecule has 0 aliphatic carbocycles. The maximum Gasteiger partial charge on any atom is 0.133 e. The molecule has 1 aromatic carbocycles. The van der Waals surface area contributed by atoms with Crippen molar-refractivity contribution in [2.75, 3.05) is 0 Å². The fourth-order valence-electron chi connectivity index (χ4n) is 2.35. The molecule has 21 heavy (non-hydrogen) atoms. The van der Waals surface area contributed by atoms with Gasteiger partial charge in [-0.15, -0.1) is 11.3 Å². The summed E-state index contributed by atoms with van der Waals surface area (Å²) in [5.41, 5.74) is 3.28. The molecule has 4 heteroatoms. The summed E-state index contributed by atoms with van der Waals surface area (Å²) in [4.78, 5) is 8.08. The van der Waals surface area contributed by atoms with Crippen LogP contribution in [0.5, 0.6) is 0 Å². The van der Waals surface area contributed by atoms with Gasteiger partial charge in [-0.05, 0) is 23.8 Å². The lowest BCUT2D eigenvalue weighted by atomic mass is 9.95. The van der Waals surface area contributed by atoms with Gasteiger partial charge in [0.1, 0.15) is 10.5 Å². The summed E-state index contributed by atoms with van der Waals surface area (Å²) in [6.45, 7) is 8.47. The van der Waals surface area contributed by atoms with E-state index in [0.29, 0.717) is 4.64 Å². The zero-order valence-electron chi connectivity index (χ0n) is 12.7. The van der Waals surface area contributed by atoms with E-state index in [-0.39, 0.29) is 5.41 Å². The Labute approximate surface area is 133 Å². The SMILES string of the molecule is Cc1c(-c2cccc3ccsc23)[nH]c(C(C)(C)C)nc1=S. The second-order valence-electron chi connectivity index (χ2n) is 6.29. The van der Waals surface area contributed by atoms with E-state index in [0.717, 1.165) is 17.1 Å². The van der Waals surface area contributed by atoms with Gasteiger partial charge in [0, 0.05) is 21.2 Å². The molecule has 0 bridgehead atoms. The summed E-state index contributed by atoms with van der Waals surface area (Å²) in [5, 5.41) is 3.40. The zero-order valence-corrected chi connectivity index (χ0v) is 14.3. The van der Waals surface area contributed by atoms with Crippen LogP contribution >= 0.6 is 23.6 Å². The molecule has 2 heterocycles. The van der Waals surface area contributed by atoms with E-state index in [9.17, 15) is 0 Å². The number of aromatic amines is 1. The van der Waals surface area contributed by atoms with Crippen molar-refractivity contribution in [1.29, 1.82) is 0 Å². The third-order valence-corrected chi connectivity index (χ3v) is 4.97.